The van der Waals surface area contributed by atoms with Gasteiger partial charge in [-0.05, 0) is 43.4 Å². The molecule has 1 aromatic carbocycles. The number of carbonyl (C=O) groups is 1. The van der Waals surface area contributed by atoms with Gasteiger partial charge in [-0.15, -0.1) is 0 Å². The van der Waals surface area contributed by atoms with E-state index in [-0.39, 0.29) is 11.9 Å². The Balaban J connectivity index is 1.75. The lowest BCUT2D eigenvalue weighted by Crippen LogP contribution is -2.50. The van der Waals surface area contributed by atoms with Gasteiger partial charge in [-0.25, -0.2) is 8.42 Å². The van der Waals surface area contributed by atoms with Crippen LogP contribution in [0.3, 0.4) is 0 Å². The van der Waals surface area contributed by atoms with Gasteiger partial charge in [0.05, 0.1) is 4.90 Å². The summed E-state index contributed by atoms with van der Waals surface area (Å²) in [5.41, 5.74) is 1.16. The lowest BCUT2D eigenvalue weighted by molar-refractivity contribution is -0.130. The van der Waals surface area contributed by atoms with Crippen molar-refractivity contribution in [1.82, 2.24) is 9.21 Å². The fourth-order valence-corrected chi connectivity index (χ4v) is 5.23. The molecule has 24 heavy (non-hydrogen) atoms. The summed E-state index contributed by atoms with van der Waals surface area (Å²) in [6.45, 7) is 3.84. The highest BCUT2D eigenvalue weighted by atomic mass is 32.2. The minimum atomic E-state index is -3.48. The van der Waals surface area contributed by atoms with Crippen molar-refractivity contribution in [3.63, 3.8) is 0 Å². The van der Waals surface area contributed by atoms with E-state index in [1.165, 1.54) is 0 Å². The molecule has 6 heteroatoms. The van der Waals surface area contributed by atoms with Crippen LogP contribution >= 0.6 is 0 Å². The molecule has 0 saturated carbocycles. The molecule has 1 aromatic rings. The van der Waals surface area contributed by atoms with Gasteiger partial charge in [0.15, 0.2) is 0 Å². The standard InChI is InChI=1S/C18H26N2O3S/c1-2-5-15-8-10-17(11-9-15)24(22,23)19-12-3-6-16(14-19)20-13-4-7-18(20)21/h8-11,16H,2-7,12-14H2,1H3. The van der Waals surface area contributed by atoms with Crippen molar-refractivity contribution in [1.29, 1.82) is 0 Å². The molecule has 0 spiro atoms. The highest BCUT2D eigenvalue weighted by Crippen LogP contribution is 2.26. The van der Waals surface area contributed by atoms with E-state index in [4.69, 9.17) is 0 Å². The molecule has 5 nitrogen and oxygen atoms in total. The number of carbonyl (C=O) groups excluding carboxylic acids is 1. The Morgan fingerprint density at radius 2 is 1.88 bits per heavy atom. The first-order valence-electron chi connectivity index (χ1n) is 8.91. The third-order valence-corrected chi connectivity index (χ3v) is 6.89. The number of rotatable bonds is 5. The largest absolute Gasteiger partial charge is 0.338 e. The molecule has 2 aliphatic heterocycles. The summed E-state index contributed by atoms with van der Waals surface area (Å²) >= 11 is 0. The molecule has 0 radical (unpaired) electrons. The summed E-state index contributed by atoms with van der Waals surface area (Å²) in [6, 6.07) is 7.27. The fourth-order valence-electron chi connectivity index (χ4n) is 3.71. The number of nitrogens with zero attached hydrogens (tertiary/aromatic N) is 2. The molecule has 0 aliphatic carbocycles. The first kappa shape index (κ1) is 17.4. The highest BCUT2D eigenvalue weighted by molar-refractivity contribution is 7.89. The van der Waals surface area contributed by atoms with E-state index in [0.717, 1.165) is 44.2 Å². The average molecular weight is 350 g/mol. The number of likely N-dealkylation sites (tertiary alicyclic amines) is 1. The maximum absolute atomic E-state index is 12.9. The first-order chi connectivity index (χ1) is 11.5. The van der Waals surface area contributed by atoms with E-state index in [2.05, 4.69) is 6.92 Å². The Morgan fingerprint density at radius 3 is 2.50 bits per heavy atom. The molecular weight excluding hydrogens is 324 g/mol. The average Bonchev–Trinajstić information content (AvgIpc) is 3.02. The van der Waals surface area contributed by atoms with E-state index in [0.29, 0.717) is 24.4 Å². The highest BCUT2D eigenvalue weighted by Gasteiger charge is 2.35. The van der Waals surface area contributed by atoms with Gasteiger partial charge in [0.2, 0.25) is 15.9 Å². The van der Waals surface area contributed by atoms with Crippen molar-refractivity contribution >= 4 is 15.9 Å². The first-order valence-corrected chi connectivity index (χ1v) is 10.3. The maximum atomic E-state index is 12.9. The van der Waals surface area contributed by atoms with Crippen LogP contribution in [0.2, 0.25) is 0 Å². The zero-order chi connectivity index (χ0) is 17.2. The van der Waals surface area contributed by atoms with Crippen molar-refractivity contribution < 1.29 is 13.2 Å². The summed E-state index contributed by atoms with van der Waals surface area (Å²) < 4.78 is 27.4. The lowest BCUT2D eigenvalue weighted by atomic mass is 10.1. The van der Waals surface area contributed by atoms with Crippen molar-refractivity contribution in [2.75, 3.05) is 19.6 Å². The van der Waals surface area contributed by atoms with Crippen LogP contribution in [0.1, 0.15) is 44.6 Å². The minimum absolute atomic E-state index is 0.0305. The van der Waals surface area contributed by atoms with E-state index in [1.807, 2.05) is 17.0 Å². The minimum Gasteiger partial charge on any atom is -0.338 e. The van der Waals surface area contributed by atoms with Crippen LogP contribution in [-0.4, -0.2) is 49.2 Å². The van der Waals surface area contributed by atoms with Crippen LogP contribution in [0.25, 0.3) is 0 Å². The molecule has 2 fully saturated rings. The summed E-state index contributed by atoms with van der Waals surface area (Å²) in [4.78, 5) is 14.2. The van der Waals surface area contributed by atoms with Crippen molar-refractivity contribution in [3.05, 3.63) is 29.8 Å². The summed E-state index contributed by atoms with van der Waals surface area (Å²) in [5.74, 6) is 0.170. The quantitative estimate of drug-likeness (QED) is 0.819. The second kappa shape index (κ2) is 7.23. The predicted molar refractivity (Wildman–Crippen MR) is 93.2 cm³/mol. The molecule has 132 valence electrons. The number of hydrogen-bond acceptors (Lipinski definition) is 3. The van der Waals surface area contributed by atoms with Crippen LogP contribution in [0.4, 0.5) is 0 Å². The summed E-state index contributed by atoms with van der Waals surface area (Å²) in [7, 11) is -3.48. The van der Waals surface area contributed by atoms with Crippen LogP contribution in [0, 0.1) is 0 Å². The molecule has 0 aromatic heterocycles. The molecule has 0 N–H and O–H groups in total. The molecular formula is C18H26N2O3S. The van der Waals surface area contributed by atoms with Crippen molar-refractivity contribution in [3.8, 4) is 0 Å². The number of hydrogen-bond donors (Lipinski definition) is 0. The molecule has 1 atom stereocenters. The topological polar surface area (TPSA) is 57.7 Å². The lowest BCUT2D eigenvalue weighted by Gasteiger charge is -2.36. The number of sulfonamides is 1. The third kappa shape index (κ3) is 3.49. The predicted octanol–water partition coefficient (Wildman–Crippen LogP) is 2.41. The number of piperidine rings is 1. The van der Waals surface area contributed by atoms with Crippen LogP contribution < -0.4 is 0 Å². The van der Waals surface area contributed by atoms with Crippen LogP contribution in [-0.2, 0) is 21.2 Å². The zero-order valence-corrected chi connectivity index (χ0v) is 15.1. The van der Waals surface area contributed by atoms with Gasteiger partial charge in [-0.3, -0.25) is 4.79 Å². The summed E-state index contributed by atoms with van der Waals surface area (Å²) in [6.07, 6.45) is 5.20. The fraction of sp³-hybridized carbons (Fsp3) is 0.611. The molecule has 1 amide bonds. The van der Waals surface area contributed by atoms with E-state index in [9.17, 15) is 13.2 Å². The van der Waals surface area contributed by atoms with Gasteiger partial charge in [0.1, 0.15) is 0 Å². The van der Waals surface area contributed by atoms with E-state index < -0.39 is 10.0 Å². The SMILES string of the molecule is CCCc1ccc(S(=O)(=O)N2CCCC(N3CCCC3=O)C2)cc1. The van der Waals surface area contributed by atoms with Gasteiger partial charge >= 0.3 is 0 Å². The monoisotopic (exact) mass is 350 g/mol. The second-order valence-corrected chi connectivity index (χ2v) is 8.68. The molecule has 2 heterocycles. The van der Waals surface area contributed by atoms with Crippen LogP contribution in [0.15, 0.2) is 29.2 Å². The van der Waals surface area contributed by atoms with Gasteiger partial charge in [0, 0.05) is 32.1 Å². The van der Waals surface area contributed by atoms with E-state index in [1.54, 1.807) is 16.4 Å². The van der Waals surface area contributed by atoms with Crippen LogP contribution in [0.5, 0.6) is 0 Å². The Bertz CT molecular complexity index is 685. The number of benzene rings is 1. The van der Waals surface area contributed by atoms with Crippen molar-refractivity contribution in [2.45, 2.75) is 56.4 Å². The van der Waals surface area contributed by atoms with Crippen molar-refractivity contribution in [2.24, 2.45) is 0 Å². The van der Waals surface area contributed by atoms with Gasteiger partial charge in [-0.2, -0.15) is 4.31 Å². The number of aryl methyl sites for hydroxylation is 1. The van der Waals surface area contributed by atoms with Gasteiger partial charge in [-0.1, -0.05) is 25.5 Å². The molecule has 3 rings (SSSR count). The second-order valence-electron chi connectivity index (χ2n) is 6.74. The zero-order valence-electron chi connectivity index (χ0n) is 14.3. The summed E-state index contributed by atoms with van der Waals surface area (Å²) in [5, 5.41) is 0. The number of amides is 1. The molecule has 2 saturated heterocycles. The Labute approximate surface area is 144 Å². The Kier molecular flexibility index (Phi) is 5.25. The third-order valence-electron chi connectivity index (χ3n) is 5.01. The Hall–Kier alpha value is -1.40. The van der Waals surface area contributed by atoms with E-state index >= 15 is 0 Å². The van der Waals surface area contributed by atoms with Gasteiger partial charge < -0.3 is 4.90 Å². The molecule has 1 unspecified atom stereocenters. The molecule has 2 aliphatic rings. The normalized spacial score (nSPS) is 23.0. The Morgan fingerprint density at radius 1 is 1.12 bits per heavy atom. The maximum Gasteiger partial charge on any atom is 0.243 e. The smallest absolute Gasteiger partial charge is 0.243 e. The molecule has 0 bridgehead atoms. The van der Waals surface area contributed by atoms with Gasteiger partial charge in [0.25, 0.3) is 0 Å².